The summed E-state index contributed by atoms with van der Waals surface area (Å²) in [5.41, 5.74) is 3.13. The zero-order chi connectivity index (χ0) is 23.5. The molecule has 34 heavy (non-hydrogen) atoms. The van der Waals surface area contributed by atoms with E-state index in [0.717, 1.165) is 63.8 Å². The third kappa shape index (κ3) is 4.88. The van der Waals surface area contributed by atoms with Crippen LogP contribution in [0.15, 0.2) is 68.6 Å². The van der Waals surface area contributed by atoms with Crippen LogP contribution in [0.1, 0.15) is 80.4 Å². The Morgan fingerprint density at radius 2 is 1.85 bits per heavy atom. The lowest BCUT2D eigenvalue weighted by molar-refractivity contribution is -0.0191. The minimum Gasteiger partial charge on any atom is -0.494 e. The molecule has 0 radical (unpaired) electrons. The number of furan rings is 1. The van der Waals surface area contributed by atoms with Crippen molar-refractivity contribution in [1.29, 1.82) is 0 Å². The normalized spacial score (nSPS) is 18.8. The van der Waals surface area contributed by atoms with Crippen molar-refractivity contribution in [3.63, 3.8) is 0 Å². The minimum absolute atomic E-state index is 0.0886. The van der Waals surface area contributed by atoms with Crippen molar-refractivity contribution in [3.05, 3.63) is 81.7 Å². The fourth-order valence-electron chi connectivity index (χ4n) is 4.64. The van der Waals surface area contributed by atoms with Gasteiger partial charge < -0.3 is 13.9 Å². The van der Waals surface area contributed by atoms with Crippen molar-refractivity contribution in [2.45, 2.75) is 64.6 Å². The highest BCUT2D eigenvalue weighted by Gasteiger charge is 2.41. The van der Waals surface area contributed by atoms with Gasteiger partial charge in [-0.3, -0.25) is 0 Å². The number of fused-ring (bicyclic) bond motifs is 3. The molecule has 2 aliphatic heterocycles. The molecule has 5 rings (SSSR count). The van der Waals surface area contributed by atoms with E-state index in [1.54, 1.807) is 0 Å². The van der Waals surface area contributed by atoms with Crippen molar-refractivity contribution in [3.8, 4) is 11.5 Å². The minimum atomic E-state index is -0.310. The van der Waals surface area contributed by atoms with E-state index in [1.807, 2.05) is 43.3 Å². The van der Waals surface area contributed by atoms with E-state index in [1.165, 1.54) is 25.7 Å². The first-order valence-electron chi connectivity index (χ1n) is 12.2. The van der Waals surface area contributed by atoms with Crippen LogP contribution in [0.4, 0.5) is 0 Å². The molecule has 0 amide bonds. The first kappa shape index (κ1) is 23.0. The molecule has 6 heteroatoms. The maximum Gasteiger partial charge on any atom is 0.213 e. The van der Waals surface area contributed by atoms with Gasteiger partial charge in [-0.05, 0) is 67.9 Å². The molecule has 0 saturated heterocycles. The van der Waals surface area contributed by atoms with Gasteiger partial charge in [0, 0.05) is 22.0 Å². The van der Waals surface area contributed by atoms with Crippen molar-refractivity contribution in [2.75, 3.05) is 6.61 Å². The Bertz CT molecular complexity index is 1150. The SMILES string of the molecule is CCCCCCCOc1ccc([C@@H]2Oc3ccc(Br)cc3[C@H]3CC(c4ccc(C)o4)=NN32)cc1. The number of benzene rings is 2. The zero-order valence-electron chi connectivity index (χ0n) is 19.8. The van der Waals surface area contributed by atoms with E-state index >= 15 is 0 Å². The fraction of sp³-hybridized carbons (Fsp3) is 0.393. The summed E-state index contributed by atoms with van der Waals surface area (Å²) in [6.07, 6.45) is 6.63. The molecule has 2 aliphatic rings. The second-order valence-electron chi connectivity index (χ2n) is 9.04. The van der Waals surface area contributed by atoms with Gasteiger partial charge in [-0.25, -0.2) is 5.01 Å². The summed E-state index contributed by atoms with van der Waals surface area (Å²) in [7, 11) is 0. The molecule has 3 aromatic rings. The topological polar surface area (TPSA) is 47.2 Å². The van der Waals surface area contributed by atoms with Gasteiger partial charge >= 0.3 is 0 Å². The largest absolute Gasteiger partial charge is 0.494 e. The Morgan fingerprint density at radius 1 is 1.03 bits per heavy atom. The zero-order valence-corrected chi connectivity index (χ0v) is 21.4. The van der Waals surface area contributed by atoms with Crippen molar-refractivity contribution < 1.29 is 13.9 Å². The highest BCUT2D eigenvalue weighted by Crippen LogP contribution is 2.48. The molecule has 3 heterocycles. The van der Waals surface area contributed by atoms with Gasteiger partial charge in [-0.1, -0.05) is 48.5 Å². The lowest BCUT2D eigenvalue weighted by Crippen LogP contribution is -2.33. The summed E-state index contributed by atoms with van der Waals surface area (Å²) < 4.78 is 19.4. The summed E-state index contributed by atoms with van der Waals surface area (Å²) in [5, 5.41) is 7.05. The molecule has 0 aliphatic carbocycles. The summed E-state index contributed by atoms with van der Waals surface area (Å²) in [5.74, 6) is 3.51. The van der Waals surface area contributed by atoms with Crippen molar-refractivity contribution >= 4 is 21.6 Å². The Labute approximate surface area is 209 Å². The molecule has 5 nitrogen and oxygen atoms in total. The predicted octanol–water partition coefficient (Wildman–Crippen LogP) is 7.94. The third-order valence-electron chi connectivity index (χ3n) is 6.46. The number of rotatable bonds is 9. The van der Waals surface area contributed by atoms with Gasteiger partial charge in [0.1, 0.15) is 28.7 Å². The van der Waals surface area contributed by atoms with E-state index in [-0.39, 0.29) is 12.3 Å². The molecule has 0 N–H and O–H groups in total. The van der Waals surface area contributed by atoms with E-state index < -0.39 is 0 Å². The second kappa shape index (κ2) is 10.3. The van der Waals surface area contributed by atoms with Crippen LogP contribution in [0.3, 0.4) is 0 Å². The van der Waals surface area contributed by atoms with Crippen LogP contribution in [0.25, 0.3) is 0 Å². The standard InChI is InChI=1S/C28H31BrN2O3/c1-3-4-5-6-7-16-32-22-12-9-20(10-13-22)28-31-25(23-17-21(29)11-15-26(23)34-28)18-24(30-31)27-14-8-19(2)33-27/h8-15,17,25,28H,3-7,16,18H2,1-2H3/t25-,28+/m1/s1. The number of hydrogen-bond acceptors (Lipinski definition) is 5. The van der Waals surface area contributed by atoms with Crippen LogP contribution in [0.5, 0.6) is 11.5 Å². The summed E-state index contributed by atoms with van der Waals surface area (Å²) in [6.45, 7) is 4.95. The lowest BCUT2D eigenvalue weighted by atomic mass is 9.97. The number of halogens is 1. The average Bonchev–Trinajstić information content (AvgIpc) is 3.48. The van der Waals surface area contributed by atoms with Gasteiger partial charge in [-0.15, -0.1) is 0 Å². The van der Waals surface area contributed by atoms with Gasteiger partial charge in [0.05, 0.1) is 12.6 Å². The summed E-state index contributed by atoms with van der Waals surface area (Å²) in [4.78, 5) is 0. The molecule has 178 valence electrons. The fourth-order valence-corrected chi connectivity index (χ4v) is 5.02. The molecular weight excluding hydrogens is 492 g/mol. The van der Waals surface area contributed by atoms with Gasteiger partial charge in [0.25, 0.3) is 0 Å². The predicted molar refractivity (Wildman–Crippen MR) is 137 cm³/mol. The number of hydrogen-bond donors (Lipinski definition) is 0. The average molecular weight is 523 g/mol. The second-order valence-corrected chi connectivity index (χ2v) is 9.96. The molecular formula is C28H31BrN2O3. The van der Waals surface area contributed by atoms with E-state index in [0.29, 0.717) is 0 Å². The highest BCUT2D eigenvalue weighted by atomic mass is 79.9. The van der Waals surface area contributed by atoms with E-state index in [9.17, 15) is 0 Å². The van der Waals surface area contributed by atoms with E-state index in [2.05, 4.69) is 46.1 Å². The van der Waals surface area contributed by atoms with Crippen LogP contribution >= 0.6 is 15.9 Å². The number of unbranched alkanes of at least 4 members (excludes halogenated alkanes) is 4. The molecule has 2 atom stereocenters. The maximum absolute atomic E-state index is 6.48. The smallest absolute Gasteiger partial charge is 0.213 e. The molecule has 0 fully saturated rings. The first-order valence-corrected chi connectivity index (χ1v) is 13.0. The Kier molecular flexibility index (Phi) is 6.95. The lowest BCUT2D eigenvalue weighted by Gasteiger charge is -2.38. The van der Waals surface area contributed by atoms with Crippen molar-refractivity contribution in [2.24, 2.45) is 5.10 Å². The molecule has 0 saturated carbocycles. The van der Waals surface area contributed by atoms with Crippen molar-refractivity contribution in [1.82, 2.24) is 5.01 Å². The highest BCUT2D eigenvalue weighted by molar-refractivity contribution is 9.10. The van der Waals surface area contributed by atoms with Gasteiger partial charge in [0.2, 0.25) is 6.23 Å². The van der Waals surface area contributed by atoms with Gasteiger partial charge in [0.15, 0.2) is 0 Å². The van der Waals surface area contributed by atoms with Gasteiger partial charge in [-0.2, -0.15) is 5.10 Å². The molecule has 0 bridgehead atoms. The molecule has 0 spiro atoms. The maximum atomic E-state index is 6.48. The van der Waals surface area contributed by atoms with Crippen LogP contribution in [0, 0.1) is 6.92 Å². The van der Waals surface area contributed by atoms with Crippen LogP contribution in [-0.2, 0) is 0 Å². The number of hydrazone groups is 1. The molecule has 1 aromatic heterocycles. The Hall–Kier alpha value is -2.73. The third-order valence-corrected chi connectivity index (χ3v) is 6.95. The number of nitrogens with zero attached hydrogens (tertiary/aromatic N) is 2. The Morgan fingerprint density at radius 3 is 2.62 bits per heavy atom. The summed E-state index contributed by atoms with van der Waals surface area (Å²) in [6, 6.07) is 18.5. The molecule has 2 aromatic carbocycles. The van der Waals surface area contributed by atoms with Crippen LogP contribution in [-0.4, -0.2) is 17.3 Å². The first-order chi connectivity index (χ1) is 16.6. The van der Waals surface area contributed by atoms with E-state index in [4.69, 9.17) is 19.0 Å². The summed E-state index contributed by atoms with van der Waals surface area (Å²) >= 11 is 3.61. The number of ether oxygens (including phenoxy) is 2. The quantitative estimate of drug-likeness (QED) is 0.267. The van der Waals surface area contributed by atoms with Crippen LogP contribution in [0.2, 0.25) is 0 Å². The Balaban J connectivity index is 1.35. The number of aryl methyl sites for hydroxylation is 1. The monoisotopic (exact) mass is 522 g/mol. The molecule has 0 unspecified atom stereocenters. The van der Waals surface area contributed by atoms with Crippen LogP contribution < -0.4 is 9.47 Å².